The van der Waals surface area contributed by atoms with E-state index >= 15 is 0 Å². The van der Waals surface area contributed by atoms with Crippen molar-refractivity contribution in [3.8, 4) is 0 Å². The molecule has 0 fully saturated rings. The molecule has 1 N–H and O–H groups in total. The van der Waals surface area contributed by atoms with E-state index in [0.29, 0.717) is 16.1 Å². The number of hydrogen-bond donors (Lipinski definition) is 1. The predicted molar refractivity (Wildman–Crippen MR) is 63.1 cm³/mol. The maximum atomic E-state index is 11.2. The van der Waals surface area contributed by atoms with Gasteiger partial charge in [0.25, 0.3) is 0 Å². The normalized spacial score (nSPS) is 10.4. The standard InChI is InChI=1S/C12H8ClNO3/c13-9-4-3-7-2-1-5-14-11(7)8(9)6-10(15)12(16)17/h1-5H,6H2,(H,16,17). The summed E-state index contributed by atoms with van der Waals surface area (Å²) in [4.78, 5) is 25.9. The van der Waals surface area contributed by atoms with Crippen molar-refractivity contribution in [2.45, 2.75) is 6.42 Å². The van der Waals surface area contributed by atoms with Gasteiger partial charge in [0.15, 0.2) is 0 Å². The van der Waals surface area contributed by atoms with Crippen LogP contribution >= 0.6 is 11.6 Å². The Bertz CT molecular complexity index is 610. The number of nitrogens with zero attached hydrogens (tertiary/aromatic N) is 1. The van der Waals surface area contributed by atoms with Gasteiger partial charge in [0.05, 0.1) is 5.52 Å². The van der Waals surface area contributed by atoms with Crippen molar-refractivity contribution in [3.63, 3.8) is 0 Å². The Morgan fingerprint density at radius 1 is 1.29 bits per heavy atom. The fourth-order valence-corrected chi connectivity index (χ4v) is 1.80. The number of carboxylic acid groups (broad SMARTS) is 1. The van der Waals surface area contributed by atoms with Crippen molar-refractivity contribution in [2.75, 3.05) is 0 Å². The van der Waals surface area contributed by atoms with E-state index in [1.54, 1.807) is 24.4 Å². The van der Waals surface area contributed by atoms with E-state index < -0.39 is 11.8 Å². The predicted octanol–water partition coefficient (Wildman–Crippen LogP) is 2.08. The van der Waals surface area contributed by atoms with E-state index in [2.05, 4.69) is 4.98 Å². The maximum absolute atomic E-state index is 11.2. The summed E-state index contributed by atoms with van der Waals surface area (Å²) in [5, 5.41) is 9.77. The maximum Gasteiger partial charge on any atom is 0.372 e. The first-order valence-electron chi connectivity index (χ1n) is 4.88. The highest BCUT2D eigenvalue weighted by atomic mass is 35.5. The third-order valence-electron chi connectivity index (χ3n) is 2.40. The van der Waals surface area contributed by atoms with E-state index in [1.165, 1.54) is 0 Å². The Hall–Kier alpha value is -1.94. The minimum absolute atomic E-state index is 0.248. The first kappa shape index (κ1) is 11.5. The summed E-state index contributed by atoms with van der Waals surface area (Å²) in [5.74, 6) is -2.36. The summed E-state index contributed by atoms with van der Waals surface area (Å²) in [6.45, 7) is 0. The van der Waals surface area contributed by atoms with Crippen molar-refractivity contribution in [3.05, 3.63) is 41.0 Å². The average molecular weight is 250 g/mol. The van der Waals surface area contributed by atoms with E-state index in [-0.39, 0.29) is 6.42 Å². The lowest BCUT2D eigenvalue weighted by molar-refractivity contribution is -0.148. The van der Waals surface area contributed by atoms with Crippen molar-refractivity contribution in [1.82, 2.24) is 4.98 Å². The van der Waals surface area contributed by atoms with E-state index in [9.17, 15) is 9.59 Å². The molecule has 5 heteroatoms. The number of carbonyl (C=O) groups is 2. The molecule has 0 radical (unpaired) electrons. The van der Waals surface area contributed by atoms with E-state index in [1.807, 2.05) is 6.07 Å². The van der Waals surface area contributed by atoms with Gasteiger partial charge in [-0.1, -0.05) is 23.7 Å². The lowest BCUT2D eigenvalue weighted by atomic mass is 10.0. The van der Waals surface area contributed by atoms with Gasteiger partial charge in [0.2, 0.25) is 5.78 Å². The molecule has 0 saturated carbocycles. The number of halogens is 1. The second-order valence-corrected chi connectivity index (χ2v) is 3.91. The Morgan fingerprint density at radius 3 is 2.76 bits per heavy atom. The van der Waals surface area contributed by atoms with Gasteiger partial charge in [-0.3, -0.25) is 9.78 Å². The van der Waals surface area contributed by atoms with Crippen LogP contribution in [0.15, 0.2) is 30.5 Å². The number of carboxylic acids is 1. The Morgan fingerprint density at radius 2 is 2.06 bits per heavy atom. The first-order valence-corrected chi connectivity index (χ1v) is 5.25. The number of aromatic nitrogens is 1. The molecular weight excluding hydrogens is 242 g/mol. The zero-order valence-corrected chi connectivity index (χ0v) is 9.44. The number of benzene rings is 1. The number of fused-ring (bicyclic) bond motifs is 1. The van der Waals surface area contributed by atoms with Crippen LogP contribution < -0.4 is 0 Å². The van der Waals surface area contributed by atoms with Gasteiger partial charge in [-0.25, -0.2) is 4.79 Å². The number of pyridine rings is 1. The fourth-order valence-electron chi connectivity index (χ4n) is 1.59. The van der Waals surface area contributed by atoms with Crippen LogP contribution in [-0.2, 0) is 16.0 Å². The lowest BCUT2D eigenvalue weighted by Crippen LogP contribution is -2.15. The topological polar surface area (TPSA) is 67.3 Å². The summed E-state index contributed by atoms with van der Waals surface area (Å²) in [5.41, 5.74) is 1.02. The molecule has 2 aromatic rings. The first-order chi connectivity index (χ1) is 8.09. The van der Waals surface area contributed by atoms with E-state index in [4.69, 9.17) is 16.7 Å². The van der Waals surface area contributed by atoms with Crippen LogP contribution in [0.25, 0.3) is 10.9 Å². The van der Waals surface area contributed by atoms with E-state index in [0.717, 1.165) is 5.39 Å². The summed E-state index contributed by atoms with van der Waals surface area (Å²) in [6.07, 6.45) is 1.33. The molecule has 0 saturated heterocycles. The molecule has 0 unspecified atom stereocenters. The number of Topliss-reactive ketones (excluding diaryl/α,β-unsaturated/α-hetero) is 1. The molecule has 1 aromatic heterocycles. The number of hydrogen-bond acceptors (Lipinski definition) is 3. The van der Waals surface area contributed by atoms with Crippen LogP contribution in [-0.4, -0.2) is 21.8 Å². The van der Waals surface area contributed by atoms with Crippen LogP contribution in [0.5, 0.6) is 0 Å². The fraction of sp³-hybridized carbons (Fsp3) is 0.0833. The third kappa shape index (κ3) is 2.26. The molecule has 0 aliphatic heterocycles. The molecule has 2 rings (SSSR count). The summed E-state index contributed by atoms with van der Waals surface area (Å²) >= 11 is 5.97. The summed E-state index contributed by atoms with van der Waals surface area (Å²) < 4.78 is 0. The van der Waals surface area contributed by atoms with Gasteiger partial charge in [-0.2, -0.15) is 0 Å². The van der Waals surface area contributed by atoms with Crippen LogP contribution in [0.2, 0.25) is 5.02 Å². The Kier molecular flexibility index (Phi) is 3.06. The van der Waals surface area contributed by atoms with Crippen molar-refractivity contribution >= 4 is 34.3 Å². The molecule has 0 aliphatic carbocycles. The minimum atomic E-state index is -1.46. The Labute approximate surface area is 102 Å². The van der Waals surface area contributed by atoms with Gasteiger partial charge >= 0.3 is 5.97 Å². The zero-order chi connectivity index (χ0) is 12.4. The molecule has 0 aliphatic rings. The molecule has 17 heavy (non-hydrogen) atoms. The molecule has 86 valence electrons. The summed E-state index contributed by atoms with van der Waals surface area (Å²) in [6, 6.07) is 7.00. The van der Waals surface area contributed by atoms with Gasteiger partial charge < -0.3 is 5.11 Å². The van der Waals surface area contributed by atoms with Crippen LogP contribution in [0.1, 0.15) is 5.56 Å². The van der Waals surface area contributed by atoms with Crippen molar-refractivity contribution in [2.24, 2.45) is 0 Å². The zero-order valence-electron chi connectivity index (χ0n) is 8.68. The molecule has 4 nitrogen and oxygen atoms in total. The van der Waals surface area contributed by atoms with Crippen LogP contribution in [0.4, 0.5) is 0 Å². The third-order valence-corrected chi connectivity index (χ3v) is 2.75. The average Bonchev–Trinajstić information content (AvgIpc) is 2.32. The second-order valence-electron chi connectivity index (χ2n) is 3.51. The van der Waals surface area contributed by atoms with Crippen LogP contribution in [0, 0.1) is 0 Å². The van der Waals surface area contributed by atoms with Gasteiger partial charge in [0.1, 0.15) is 0 Å². The number of rotatable bonds is 3. The smallest absolute Gasteiger partial charge is 0.372 e. The van der Waals surface area contributed by atoms with Crippen molar-refractivity contribution in [1.29, 1.82) is 0 Å². The highest BCUT2D eigenvalue weighted by molar-refractivity contribution is 6.36. The van der Waals surface area contributed by atoms with Crippen molar-refractivity contribution < 1.29 is 14.7 Å². The largest absolute Gasteiger partial charge is 0.475 e. The monoisotopic (exact) mass is 249 g/mol. The summed E-state index contributed by atoms with van der Waals surface area (Å²) in [7, 11) is 0. The minimum Gasteiger partial charge on any atom is -0.475 e. The SMILES string of the molecule is O=C(O)C(=O)Cc1c(Cl)ccc2cccnc12. The molecule has 1 heterocycles. The molecule has 0 atom stereocenters. The molecule has 1 aromatic carbocycles. The highest BCUT2D eigenvalue weighted by Crippen LogP contribution is 2.25. The number of aliphatic carboxylic acids is 1. The number of ketones is 1. The van der Waals surface area contributed by atoms with Gasteiger partial charge in [-0.15, -0.1) is 0 Å². The second kappa shape index (κ2) is 4.51. The molecule has 0 amide bonds. The molecular formula is C12H8ClNO3. The Balaban J connectivity index is 2.55. The molecule has 0 bridgehead atoms. The quantitative estimate of drug-likeness (QED) is 0.846. The molecule has 0 spiro atoms. The number of carbonyl (C=O) groups excluding carboxylic acids is 1. The lowest BCUT2D eigenvalue weighted by Gasteiger charge is -2.05. The van der Waals surface area contributed by atoms with Gasteiger partial charge in [-0.05, 0) is 12.1 Å². The van der Waals surface area contributed by atoms with Gasteiger partial charge in [0, 0.05) is 28.6 Å². The highest BCUT2D eigenvalue weighted by Gasteiger charge is 2.16. The van der Waals surface area contributed by atoms with Crippen LogP contribution in [0.3, 0.4) is 0 Å².